The second-order valence-corrected chi connectivity index (χ2v) is 9.94. The van der Waals surface area contributed by atoms with E-state index in [1.54, 1.807) is 43.3 Å². The van der Waals surface area contributed by atoms with Crippen molar-refractivity contribution < 1.29 is 28.9 Å². The summed E-state index contributed by atoms with van der Waals surface area (Å²) < 4.78 is 25.0. The van der Waals surface area contributed by atoms with Gasteiger partial charge in [0.1, 0.15) is 28.6 Å². The first kappa shape index (κ1) is 27.9. The van der Waals surface area contributed by atoms with Crippen LogP contribution in [-0.2, 0) is 6.42 Å². The molecule has 10 nitrogen and oxygen atoms in total. The molecule has 0 aliphatic rings. The topological polar surface area (TPSA) is 142 Å². The largest absolute Gasteiger partial charge is 0.507 e. The summed E-state index contributed by atoms with van der Waals surface area (Å²) in [6.45, 7) is 1.70. The fraction of sp³-hybridized carbons (Fsp3) is 0.154. The molecule has 1 amide bonds. The van der Waals surface area contributed by atoms with E-state index in [0.29, 0.717) is 16.5 Å². The normalized spacial score (nSPS) is 13.0. The number of nitrogens with one attached hydrogen (secondary N) is 2. The summed E-state index contributed by atoms with van der Waals surface area (Å²) in [5.41, 5.74) is -0.332. The molecule has 3 aromatic carbocycles. The Labute approximate surface area is 235 Å². The zero-order valence-corrected chi connectivity index (χ0v) is 22.7. The maximum absolute atomic E-state index is 13.6. The molecule has 1 heterocycles. The molecule has 0 spiro atoms. The lowest BCUT2D eigenvalue weighted by Crippen LogP contribution is -2.47. The quantitative estimate of drug-likeness (QED) is 0.0847. The highest BCUT2D eigenvalue weighted by atomic mass is 79.9. The van der Waals surface area contributed by atoms with Crippen LogP contribution in [-0.4, -0.2) is 44.5 Å². The Morgan fingerprint density at radius 3 is 2.62 bits per heavy atom. The summed E-state index contributed by atoms with van der Waals surface area (Å²) in [6, 6.07) is 16.9. The molecule has 202 valence electrons. The highest BCUT2D eigenvalue weighted by Crippen LogP contribution is 2.26. The predicted molar refractivity (Wildman–Crippen MR) is 145 cm³/mol. The zero-order valence-electron chi connectivity index (χ0n) is 20.4. The average molecular weight is 619 g/mol. The number of para-hydroxylation sites is 1. The van der Waals surface area contributed by atoms with Crippen LogP contribution < -0.4 is 15.4 Å². The molecule has 1 atom stereocenters. The molecule has 0 aliphatic carbocycles. The van der Waals surface area contributed by atoms with Crippen molar-refractivity contribution in [1.29, 1.82) is 0 Å². The minimum absolute atomic E-state index is 0.0287. The van der Waals surface area contributed by atoms with Gasteiger partial charge >= 0.3 is 0 Å². The summed E-state index contributed by atoms with van der Waals surface area (Å²) in [5, 5.41) is 37.0. The third kappa shape index (κ3) is 7.03. The second kappa shape index (κ2) is 12.1. The standard InChI is InChI=1S/C26H22BrClFN5O5/c1-26(38-17-9-6-15(28)7-10-17,14-30-25(36)18-4-2-3-5-22(18)35)13-21-23(34-39-33-21)24(32-37)31-16-8-11-20(29)19(27)12-16/h2-12,35,37H,13-14H2,1H3,(H,30,36)(H,31,32). The predicted octanol–water partition coefficient (Wildman–Crippen LogP) is 5.39. The van der Waals surface area contributed by atoms with E-state index < -0.39 is 17.3 Å². The number of aromatic hydroxyl groups is 1. The van der Waals surface area contributed by atoms with Crippen molar-refractivity contribution in [3.8, 4) is 11.5 Å². The number of hydrogen-bond donors (Lipinski definition) is 4. The number of halogens is 3. The van der Waals surface area contributed by atoms with Gasteiger partial charge in [-0.1, -0.05) is 34.0 Å². The number of ether oxygens (including phenoxy) is 1. The van der Waals surface area contributed by atoms with Gasteiger partial charge in [0.25, 0.3) is 5.91 Å². The van der Waals surface area contributed by atoms with Gasteiger partial charge in [-0.25, -0.2) is 9.02 Å². The lowest BCUT2D eigenvalue weighted by molar-refractivity contribution is 0.0730. The van der Waals surface area contributed by atoms with E-state index in [1.165, 1.54) is 30.3 Å². The fourth-order valence-electron chi connectivity index (χ4n) is 3.65. The molecule has 39 heavy (non-hydrogen) atoms. The van der Waals surface area contributed by atoms with Gasteiger partial charge in [0.2, 0.25) is 5.84 Å². The Kier molecular flexibility index (Phi) is 8.67. The second-order valence-electron chi connectivity index (χ2n) is 8.64. The van der Waals surface area contributed by atoms with Gasteiger partial charge in [-0.2, -0.15) is 0 Å². The van der Waals surface area contributed by atoms with Crippen LogP contribution in [0.2, 0.25) is 5.02 Å². The van der Waals surface area contributed by atoms with Gasteiger partial charge in [-0.3, -0.25) is 4.79 Å². The van der Waals surface area contributed by atoms with E-state index in [9.17, 15) is 19.5 Å². The summed E-state index contributed by atoms with van der Waals surface area (Å²) in [5.74, 6) is -0.800. The highest BCUT2D eigenvalue weighted by molar-refractivity contribution is 9.10. The Morgan fingerprint density at radius 2 is 1.92 bits per heavy atom. The van der Waals surface area contributed by atoms with Gasteiger partial charge < -0.3 is 25.7 Å². The number of oxime groups is 1. The monoisotopic (exact) mass is 617 g/mol. The number of amides is 1. The number of hydrogen-bond acceptors (Lipinski definition) is 8. The lowest BCUT2D eigenvalue weighted by atomic mass is 9.97. The third-order valence-electron chi connectivity index (χ3n) is 5.55. The fourth-order valence-corrected chi connectivity index (χ4v) is 4.15. The van der Waals surface area contributed by atoms with Crippen LogP contribution in [0.1, 0.15) is 28.7 Å². The Hall–Kier alpha value is -4.16. The van der Waals surface area contributed by atoms with Crippen molar-refractivity contribution in [1.82, 2.24) is 15.6 Å². The van der Waals surface area contributed by atoms with E-state index in [4.69, 9.17) is 21.0 Å². The molecule has 0 radical (unpaired) electrons. The van der Waals surface area contributed by atoms with Crippen molar-refractivity contribution in [3.63, 3.8) is 0 Å². The molecule has 1 aromatic heterocycles. The van der Waals surface area contributed by atoms with Crippen molar-refractivity contribution in [2.24, 2.45) is 5.16 Å². The van der Waals surface area contributed by atoms with Crippen LogP contribution in [0.3, 0.4) is 0 Å². The number of rotatable bonds is 9. The minimum Gasteiger partial charge on any atom is -0.507 e. The number of carbonyl (C=O) groups is 1. The number of phenols is 1. The molecule has 4 N–H and O–H groups in total. The molecule has 13 heteroatoms. The number of carbonyl (C=O) groups excluding carboxylic acids is 1. The summed E-state index contributed by atoms with van der Waals surface area (Å²) in [7, 11) is 0. The summed E-state index contributed by atoms with van der Waals surface area (Å²) >= 11 is 9.11. The number of nitrogens with zero attached hydrogens (tertiary/aromatic N) is 3. The molecule has 0 fully saturated rings. The molecular formula is C26H22BrClFN5O5. The number of amidine groups is 1. The Morgan fingerprint density at radius 1 is 1.18 bits per heavy atom. The molecule has 0 saturated heterocycles. The molecule has 4 aromatic rings. The maximum Gasteiger partial charge on any atom is 0.255 e. The Balaban J connectivity index is 1.59. The van der Waals surface area contributed by atoms with Gasteiger partial charge in [-0.15, -0.1) is 0 Å². The van der Waals surface area contributed by atoms with Crippen molar-refractivity contribution in [2.75, 3.05) is 11.9 Å². The molecule has 4 rings (SSSR count). The molecule has 1 unspecified atom stereocenters. The van der Waals surface area contributed by atoms with Crippen molar-refractivity contribution >= 4 is 45.0 Å². The maximum atomic E-state index is 13.6. The number of anilines is 1. The van der Waals surface area contributed by atoms with Gasteiger partial charge in [-0.05, 0) is 82.6 Å². The molecule has 0 aliphatic heterocycles. The molecule has 0 saturated carbocycles. The van der Waals surface area contributed by atoms with E-state index in [1.807, 2.05) is 0 Å². The van der Waals surface area contributed by atoms with Crippen LogP contribution in [0.15, 0.2) is 81.0 Å². The van der Waals surface area contributed by atoms with E-state index in [-0.39, 0.29) is 46.0 Å². The van der Waals surface area contributed by atoms with Crippen molar-refractivity contribution in [3.05, 3.63) is 99.0 Å². The van der Waals surface area contributed by atoms with Crippen LogP contribution in [0, 0.1) is 5.82 Å². The lowest BCUT2D eigenvalue weighted by Gasteiger charge is -2.30. The van der Waals surface area contributed by atoms with E-state index in [0.717, 1.165) is 0 Å². The number of aromatic nitrogens is 2. The van der Waals surface area contributed by atoms with Crippen LogP contribution in [0.5, 0.6) is 11.5 Å². The van der Waals surface area contributed by atoms with Gasteiger partial charge in [0.05, 0.1) is 16.6 Å². The first-order valence-corrected chi connectivity index (χ1v) is 12.6. The SMILES string of the molecule is CC(CNC(=O)c1ccccc1O)(Cc1nonc1C(=NO)Nc1ccc(F)c(Br)c1)Oc1ccc(Cl)cc1. The van der Waals surface area contributed by atoms with E-state index in [2.05, 4.69) is 42.0 Å². The third-order valence-corrected chi connectivity index (χ3v) is 6.41. The van der Waals surface area contributed by atoms with Crippen molar-refractivity contribution in [2.45, 2.75) is 18.9 Å². The molecule has 0 bridgehead atoms. The number of benzene rings is 3. The Bertz CT molecular complexity index is 1500. The molecular weight excluding hydrogens is 597 g/mol. The highest BCUT2D eigenvalue weighted by Gasteiger charge is 2.33. The van der Waals surface area contributed by atoms with Gasteiger partial charge in [0, 0.05) is 17.1 Å². The van der Waals surface area contributed by atoms with Crippen LogP contribution >= 0.6 is 27.5 Å². The number of phenolic OH excluding ortho intramolecular Hbond substituents is 1. The summed E-state index contributed by atoms with van der Waals surface area (Å²) in [4.78, 5) is 12.8. The first-order chi connectivity index (χ1) is 18.7. The average Bonchev–Trinajstić information content (AvgIpc) is 3.37. The van der Waals surface area contributed by atoms with Crippen LogP contribution in [0.4, 0.5) is 10.1 Å². The van der Waals surface area contributed by atoms with E-state index >= 15 is 0 Å². The zero-order chi connectivity index (χ0) is 28.0. The summed E-state index contributed by atoms with van der Waals surface area (Å²) in [6.07, 6.45) is 0.0311. The smallest absolute Gasteiger partial charge is 0.255 e. The van der Waals surface area contributed by atoms with Gasteiger partial charge in [0.15, 0.2) is 5.69 Å². The first-order valence-electron chi connectivity index (χ1n) is 11.4. The van der Waals surface area contributed by atoms with Crippen LogP contribution in [0.25, 0.3) is 0 Å². The minimum atomic E-state index is -1.14.